The third-order valence-electron chi connectivity index (χ3n) is 3.11. The molecule has 0 radical (unpaired) electrons. The molecule has 3 aromatic rings. The molecule has 1 heterocycles. The molecular weight excluding hydrogens is 298 g/mol. The minimum absolute atomic E-state index is 0.276. The van der Waals surface area contributed by atoms with Gasteiger partial charge in [-0.3, -0.25) is 4.79 Å². The average molecular weight is 310 g/mol. The van der Waals surface area contributed by atoms with E-state index in [0.717, 1.165) is 10.9 Å². The zero-order chi connectivity index (χ0) is 15.4. The third kappa shape index (κ3) is 3.13. The SMILES string of the molecule is O=C(N/N=C\c1cc2ccccc2nc1Cl)c1ccccc1. The summed E-state index contributed by atoms with van der Waals surface area (Å²) in [6.45, 7) is 0. The number of nitrogens with zero attached hydrogens (tertiary/aromatic N) is 2. The van der Waals surface area contributed by atoms with Crippen LogP contribution in [-0.4, -0.2) is 17.1 Å². The largest absolute Gasteiger partial charge is 0.271 e. The van der Waals surface area contributed by atoms with E-state index in [1.807, 2.05) is 36.4 Å². The van der Waals surface area contributed by atoms with Crippen molar-refractivity contribution < 1.29 is 4.79 Å². The Morgan fingerprint density at radius 3 is 2.64 bits per heavy atom. The maximum atomic E-state index is 11.9. The molecule has 1 N–H and O–H groups in total. The molecule has 0 aliphatic rings. The number of hydrazone groups is 1. The van der Waals surface area contributed by atoms with Crippen LogP contribution >= 0.6 is 11.6 Å². The molecule has 22 heavy (non-hydrogen) atoms. The molecule has 0 saturated heterocycles. The summed E-state index contributed by atoms with van der Waals surface area (Å²) in [6.07, 6.45) is 1.49. The highest BCUT2D eigenvalue weighted by atomic mass is 35.5. The Bertz CT molecular complexity index is 847. The van der Waals surface area contributed by atoms with Crippen molar-refractivity contribution in [3.63, 3.8) is 0 Å². The molecule has 4 nitrogen and oxygen atoms in total. The van der Waals surface area contributed by atoms with E-state index in [2.05, 4.69) is 15.5 Å². The molecule has 0 atom stereocenters. The summed E-state index contributed by atoms with van der Waals surface area (Å²) in [5.41, 5.74) is 4.48. The monoisotopic (exact) mass is 309 g/mol. The molecule has 108 valence electrons. The number of benzene rings is 2. The van der Waals surface area contributed by atoms with Crippen molar-refractivity contribution in [3.8, 4) is 0 Å². The molecule has 0 aliphatic heterocycles. The van der Waals surface area contributed by atoms with Crippen molar-refractivity contribution in [1.29, 1.82) is 0 Å². The first-order valence-corrected chi connectivity index (χ1v) is 7.05. The van der Waals surface area contributed by atoms with Gasteiger partial charge in [-0.05, 0) is 24.3 Å². The number of nitrogens with one attached hydrogen (secondary N) is 1. The first kappa shape index (κ1) is 14.2. The first-order chi connectivity index (χ1) is 10.7. The van der Waals surface area contributed by atoms with Gasteiger partial charge in [0.25, 0.3) is 5.91 Å². The molecule has 0 fully saturated rings. The van der Waals surface area contributed by atoms with Crippen LogP contribution in [0.3, 0.4) is 0 Å². The lowest BCUT2D eigenvalue weighted by molar-refractivity contribution is 0.0955. The second-order valence-corrected chi connectivity index (χ2v) is 4.98. The predicted molar refractivity (Wildman–Crippen MR) is 88.3 cm³/mol. The van der Waals surface area contributed by atoms with Crippen LogP contribution in [0.25, 0.3) is 10.9 Å². The standard InChI is InChI=1S/C17H12ClN3O/c18-16-14(10-13-8-4-5-9-15(13)20-16)11-19-21-17(22)12-6-2-1-3-7-12/h1-11H,(H,21,22)/b19-11-. The highest BCUT2D eigenvalue weighted by molar-refractivity contribution is 6.32. The number of halogens is 1. The molecule has 1 aromatic heterocycles. The van der Waals surface area contributed by atoms with Crippen molar-refractivity contribution in [1.82, 2.24) is 10.4 Å². The van der Waals surface area contributed by atoms with Crippen molar-refractivity contribution in [2.75, 3.05) is 0 Å². The van der Waals surface area contributed by atoms with Crippen LogP contribution in [0.2, 0.25) is 5.15 Å². The molecule has 5 heteroatoms. The van der Waals surface area contributed by atoms with E-state index in [1.165, 1.54) is 6.21 Å². The number of para-hydroxylation sites is 1. The number of carbonyl (C=O) groups excluding carboxylic acids is 1. The lowest BCUT2D eigenvalue weighted by Gasteiger charge is -2.02. The highest BCUT2D eigenvalue weighted by Crippen LogP contribution is 2.18. The van der Waals surface area contributed by atoms with Crippen molar-refractivity contribution in [2.24, 2.45) is 5.10 Å². The third-order valence-corrected chi connectivity index (χ3v) is 3.41. The van der Waals surface area contributed by atoms with Crippen LogP contribution in [0.4, 0.5) is 0 Å². The van der Waals surface area contributed by atoms with Gasteiger partial charge >= 0.3 is 0 Å². The minimum atomic E-state index is -0.276. The normalized spacial score (nSPS) is 11.0. The number of hydrogen-bond acceptors (Lipinski definition) is 3. The fraction of sp³-hybridized carbons (Fsp3) is 0. The number of pyridine rings is 1. The van der Waals surface area contributed by atoms with E-state index in [4.69, 9.17) is 11.6 Å². The first-order valence-electron chi connectivity index (χ1n) is 6.68. The van der Waals surface area contributed by atoms with Crippen LogP contribution in [0.15, 0.2) is 65.8 Å². The zero-order valence-electron chi connectivity index (χ0n) is 11.5. The lowest BCUT2D eigenvalue weighted by Crippen LogP contribution is -2.17. The average Bonchev–Trinajstić information content (AvgIpc) is 2.56. The van der Waals surface area contributed by atoms with Gasteiger partial charge in [-0.15, -0.1) is 0 Å². The van der Waals surface area contributed by atoms with Gasteiger partial charge < -0.3 is 0 Å². The van der Waals surface area contributed by atoms with Crippen LogP contribution in [0.1, 0.15) is 15.9 Å². The molecule has 0 bridgehead atoms. The van der Waals surface area contributed by atoms with E-state index in [9.17, 15) is 4.79 Å². The van der Waals surface area contributed by atoms with Gasteiger partial charge in [0.15, 0.2) is 0 Å². The summed E-state index contributed by atoms with van der Waals surface area (Å²) in [6, 6.07) is 18.4. The summed E-state index contributed by atoms with van der Waals surface area (Å²) in [5.74, 6) is -0.276. The topological polar surface area (TPSA) is 54.4 Å². The van der Waals surface area contributed by atoms with Gasteiger partial charge in [0.05, 0.1) is 11.7 Å². The van der Waals surface area contributed by atoms with Crippen LogP contribution in [0, 0.1) is 0 Å². The van der Waals surface area contributed by atoms with Crippen molar-refractivity contribution >= 4 is 34.6 Å². The number of hydrogen-bond donors (Lipinski definition) is 1. The molecule has 0 unspecified atom stereocenters. The Kier molecular flexibility index (Phi) is 4.12. The fourth-order valence-corrected chi connectivity index (χ4v) is 2.21. The molecule has 1 amide bonds. The van der Waals surface area contributed by atoms with Gasteiger partial charge in [-0.25, -0.2) is 10.4 Å². The second kappa shape index (κ2) is 6.37. The number of rotatable bonds is 3. The van der Waals surface area contributed by atoms with Gasteiger partial charge in [0.2, 0.25) is 0 Å². The zero-order valence-corrected chi connectivity index (χ0v) is 12.3. The summed E-state index contributed by atoms with van der Waals surface area (Å²) in [7, 11) is 0. The maximum Gasteiger partial charge on any atom is 0.271 e. The predicted octanol–water partition coefficient (Wildman–Crippen LogP) is 3.65. The van der Waals surface area contributed by atoms with Crippen LogP contribution in [-0.2, 0) is 0 Å². The number of carbonyl (C=O) groups is 1. The summed E-state index contributed by atoms with van der Waals surface area (Å²) in [4.78, 5) is 16.2. The summed E-state index contributed by atoms with van der Waals surface area (Å²) >= 11 is 6.12. The van der Waals surface area contributed by atoms with Gasteiger partial charge in [0, 0.05) is 16.5 Å². The molecule has 0 aliphatic carbocycles. The Morgan fingerprint density at radius 1 is 1.09 bits per heavy atom. The maximum absolute atomic E-state index is 11.9. The van der Waals surface area contributed by atoms with E-state index >= 15 is 0 Å². The smallest absolute Gasteiger partial charge is 0.267 e. The second-order valence-electron chi connectivity index (χ2n) is 4.63. The lowest BCUT2D eigenvalue weighted by atomic mass is 10.2. The van der Waals surface area contributed by atoms with E-state index in [1.54, 1.807) is 24.3 Å². The fourth-order valence-electron chi connectivity index (χ4n) is 2.01. The molecule has 3 rings (SSSR count). The van der Waals surface area contributed by atoms with Gasteiger partial charge in [0.1, 0.15) is 5.15 Å². The van der Waals surface area contributed by atoms with Crippen molar-refractivity contribution in [2.45, 2.75) is 0 Å². The van der Waals surface area contributed by atoms with Crippen LogP contribution < -0.4 is 5.43 Å². The van der Waals surface area contributed by atoms with Gasteiger partial charge in [-0.1, -0.05) is 48.0 Å². The summed E-state index contributed by atoms with van der Waals surface area (Å²) < 4.78 is 0. The Morgan fingerprint density at radius 2 is 1.82 bits per heavy atom. The number of fused-ring (bicyclic) bond motifs is 1. The van der Waals surface area contributed by atoms with E-state index in [0.29, 0.717) is 16.3 Å². The molecule has 2 aromatic carbocycles. The minimum Gasteiger partial charge on any atom is -0.267 e. The Balaban J connectivity index is 1.78. The van der Waals surface area contributed by atoms with E-state index in [-0.39, 0.29) is 5.91 Å². The Labute approximate surface area is 132 Å². The molecule has 0 saturated carbocycles. The van der Waals surface area contributed by atoms with Crippen LogP contribution in [0.5, 0.6) is 0 Å². The van der Waals surface area contributed by atoms with Gasteiger partial charge in [-0.2, -0.15) is 5.10 Å². The molecule has 0 spiro atoms. The Hall–Kier alpha value is -2.72. The van der Waals surface area contributed by atoms with E-state index < -0.39 is 0 Å². The van der Waals surface area contributed by atoms with Crippen molar-refractivity contribution in [3.05, 3.63) is 76.9 Å². The quantitative estimate of drug-likeness (QED) is 0.456. The highest BCUT2D eigenvalue weighted by Gasteiger charge is 2.04. The number of aromatic nitrogens is 1. The molecular formula is C17H12ClN3O. The summed E-state index contributed by atoms with van der Waals surface area (Å²) in [5, 5.41) is 5.24. The number of amides is 1.